The van der Waals surface area contributed by atoms with E-state index in [2.05, 4.69) is 20.9 Å². The predicted octanol–water partition coefficient (Wildman–Crippen LogP) is 1.43. The molecule has 3 aromatic rings. The Labute approximate surface area is 250 Å². The molecule has 43 heavy (non-hydrogen) atoms. The van der Waals surface area contributed by atoms with E-state index < -0.39 is 28.8 Å². The van der Waals surface area contributed by atoms with Crippen LogP contribution in [0.5, 0.6) is 0 Å². The molecule has 2 radical (unpaired) electrons. The zero-order chi connectivity index (χ0) is 31.2. The molecule has 2 atom stereocenters. The second-order valence-electron chi connectivity index (χ2n) is 12.2. The molecule has 5 rings (SSSR count). The number of rotatable bonds is 8. The van der Waals surface area contributed by atoms with Gasteiger partial charge in [0.2, 0.25) is 17.7 Å². The van der Waals surface area contributed by atoms with Crippen molar-refractivity contribution in [2.24, 2.45) is 5.41 Å². The van der Waals surface area contributed by atoms with Gasteiger partial charge in [-0.1, -0.05) is 57.2 Å². The smallest absolute Gasteiger partial charge is 0.244 e. The quantitative estimate of drug-likeness (QED) is 0.171. The molecule has 1 spiro atoms. The highest BCUT2D eigenvalue weighted by Crippen LogP contribution is 2.47. The lowest BCUT2D eigenvalue weighted by Crippen LogP contribution is -2.48. The van der Waals surface area contributed by atoms with Crippen molar-refractivity contribution in [1.29, 1.82) is 0 Å². The van der Waals surface area contributed by atoms with Gasteiger partial charge in [-0.2, -0.15) is 0 Å². The van der Waals surface area contributed by atoms with Crippen LogP contribution in [0.3, 0.4) is 0 Å². The Balaban J connectivity index is 1.33. The van der Waals surface area contributed by atoms with Crippen molar-refractivity contribution >= 4 is 37.1 Å². The average Bonchev–Trinajstić information content (AvgIpc) is 3.43. The second kappa shape index (κ2) is 11.2. The van der Waals surface area contributed by atoms with Crippen LogP contribution >= 0.6 is 0 Å². The van der Waals surface area contributed by atoms with E-state index in [4.69, 9.17) is 7.85 Å². The van der Waals surface area contributed by atoms with Gasteiger partial charge in [0.05, 0.1) is 5.41 Å². The summed E-state index contributed by atoms with van der Waals surface area (Å²) in [6.07, 6.45) is 1.10. The molecule has 2 aliphatic rings. The minimum absolute atomic E-state index is 0.0396. The highest BCUT2D eigenvalue weighted by Gasteiger charge is 2.51. The minimum atomic E-state index is -2.83. The molecule has 2 unspecified atom stereocenters. The van der Waals surface area contributed by atoms with Crippen molar-refractivity contribution in [1.82, 2.24) is 15.2 Å². The highest BCUT2D eigenvalue weighted by atomic mass is 16.5. The van der Waals surface area contributed by atoms with Gasteiger partial charge in [-0.15, -0.1) is 0 Å². The number of aromatic nitrogens is 1. The normalized spacial score (nSPS) is 18.1. The molecule has 0 bridgehead atoms. The molecule has 0 saturated carbocycles. The molecule has 12 heteroatoms. The molecule has 0 fully saturated rings. The van der Waals surface area contributed by atoms with Gasteiger partial charge in [0, 0.05) is 35.0 Å². The summed E-state index contributed by atoms with van der Waals surface area (Å²) < 4.78 is 0. The summed E-state index contributed by atoms with van der Waals surface area (Å²) in [5.41, 5.74) is 2.57. The Morgan fingerprint density at radius 2 is 1.81 bits per heavy atom. The van der Waals surface area contributed by atoms with Gasteiger partial charge in [-0.05, 0) is 47.7 Å². The Morgan fingerprint density at radius 3 is 2.53 bits per heavy atom. The monoisotopic (exact) mass is 583 g/mol. The van der Waals surface area contributed by atoms with E-state index in [0.29, 0.717) is 29.9 Å². The second-order valence-corrected chi connectivity index (χ2v) is 12.2. The van der Waals surface area contributed by atoms with Crippen molar-refractivity contribution in [2.45, 2.75) is 57.6 Å². The van der Waals surface area contributed by atoms with Crippen molar-refractivity contribution in [3.05, 3.63) is 88.6 Å². The molecule has 1 aromatic heterocycles. The fourth-order valence-corrected chi connectivity index (χ4v) is 5.82. The Bertz CT molecular complexity index is 1580. The van der Waals surface area contributed by atoms with E-state index in [0.717, 1.165) is 16.7 Å². The van der Waals surface area contributed by atoms with Gasteiger partial charge in [-0.25, -0.2) is 10.3 Å². The summed E-state index contributed by atoms with van der Waals surface area (Å²) in [4.78, 5) is 45.4. The highest BCUT2D eigenvalue weighted by molar-refractivity contribution is 6.12. The maximum Gasteiger partial charge on any atom is 0.244 e. The molecule has 1 aliphatic carbocycles. The lowest BCUT2D eigenvalue weighted by atomic mass is 9.79. The third kappa shape index (κ3) is 6.32. The first-order chi connectivity index (χ1) is 20.2. The van der Waals surface area contributed by atoms with Crippen LogP contribution in [0.2, 0.25) is 0 Å². The van der Waals surface area contributed by atoms with Gasteiger partial charge < -0.3 is 30.9 Å². The molecule has 1 aliphatic heterocycles. The fourth-order valence-electron chi connectivity index (χ4n) is 5.82. The Morgan fingerprint density at radius 1 is 1.09 bits per heavy atom. The molecular weight excluding hydrogens is 549 g/mol. The lowest BCUT2D eigenvalue weighted by molar-refractivity contribution is -0.143. The number of aliphatic hydroxyl groups excluding tert-OH is 1. The number of aliphatic hydroxyl groups is 3. The Kier molecular flexibility index (Phi) is 7.91. The summed E-state index contributed by atoms with van der Waals surface area (Å²) in [6.45, 7) is 4.91. The topological polar surface area (TPSA) is 164 Å². The largest absolute Gasteiger partial charge is 0.374 e. The molecule has 222 valence electrons. The number of fused-ring (bicyclic) bond motifs is 3. The van der Waals surface area contributed by atoms with Crippen molar-refractivity contribution < 1.29 is 29.7 Å². The van der Waals surface area contributed by atoms with E-state index in [1.165, 1.54) is 4.90 Å². The molecule has 6 N–H and O–H groups in total. The predicted molar refractivity (Wildman–Crippen MR) is 159 cm³/mol. The van der Waals surface area contributed by atoms with Crippen LogP contribution in [0, 0.1) is 5.41 Å². The van der Waals surface area contributed by atoms with E-state index in [9.17, 15) is 29.7 Å². The first-order valence-electron chi connectivity index (χ1n) is 13.9. The molecule has 11 nitrogen and oxygen atoms in total. The van der Waals surface area contributed by atoms with Crippen molar-refractivity contribution in [2.75, 3.05) is 17.2 Å². The first-order valence-corrected chi connectivity index (χ1v) is 13.9. The van der Waals surface area contributed by atoms with E-state index >= 15 is 0 Å². The number of hydrogen-bond acceptors (Lipinski definition) is 8. The maximum atomic E-state index is 13.4. The van der Waals surface area contributed by atoms with Crippen LogP contribution in [-0.2, 0) is 39.2 Å². The summed E-state index contributed by atoms with van der Waals surface area (Å²) in [6, 6.07) is 15.8. The van der Waals surface area contributed by atoms with Gasteiger partial charge >= 0.3 is 0 Å². The zero-order valence-electron chi connectivity index (χ0n) is 24.2. The van der Waals surface area contributed by atoms with E-state index in [1.807, 2.05) is 24.3 Å². The standard InChI is InChI=1S/C31H34BN5O6/c1-29(2,3)28(41)37(16-19-7-4-5-8-22(19)26(39)36-31(32,42)43)17-24(38)34-21-11-10-18-14-30(15-20(18)13-21)23-9-6-12-33-25(23)35-27(30)40/h4-13,26,36,39,42-43H,14-17H2,1-3H3,(H,34,38)(H,33,35,40). The van der Waals surface area contributed by atoms with E-state index in [-0.39, 0.29) is 30.5 Å². The molecule has 3 amide bonds. The fraction of sp³-hybridized carbons (Fsp3) is 0.355. The number of carbonyl (C=O) groups excluding carboxylic acids is 3. The molecular formula is C31H34BN5O6. The SMILES string of the molecule is [B]C(O)(O)NC(O)c1ccccc1CN(CC(=O)Nc1ccc2c(c1)CC1(C2)C(=O)Nc2ncccc21)C(=O)C(C)(C)C. The van der Waals surface area contributed by atoms with Crippen LogP contribution in [0.1, 0.15) is 54.8 Å². The Hall–Kier alpha value is -4.10. The third-order valence-corrected chi connectivity index (χ3v) is 7.79. The van der Waals surface area contributed by atoms with Crippen LogP contribution in [0.4, 0.5) is 11.5 Å². The van der Waals surface area contributed by atoms with E-state index in [1.54, 1.807) is 57.3 Å². The van der Waals surface area contributed by atoms with Gasteiger partial charge in [0.25, 0.3) is 0 Å². The summed E-state index contributed by atoms with van der Waals surface area (Å²) >= 11 is 0. The average molecular weight is 583 g/mol. The minimum Gasteiger partial charge on any atom is -0.374 e. The maximum absolute atomic E-state index is 13.4. The van der Waals surface area contributed by atoms with Crippen molar-refractivity contribution in [3.63, 3.8) is 0 Å². The van der Waals surface area contributed by atoms with Gasteiger partial charge in [0.15, 0.2) is 13.7 Å². The summed E-state index contributed by atoms with van der Waals surface area (Å²) in [5.74, 6) is -3.06. The number of anilines is 2. The molecule has 0 saturated heterocycles. The van der Waals surface area contributed by atoms with Crippen molar-refractivity contribution in [3.8, 4) is 0 Å². The lowest BCUT2D eigenvalue weighted by Gasteiger charge is -2.31. The number of hydrogen-bond donors (Lipinski definition) is 6. The van der Waals surface area contributed by atoms with Crippen LogP contribution in [0.15, 0.2) is 60.8 Å². The first kappa shape index (κ1) is 30.4. The van der Waals surface area contributed by atoms with Crippen LogP contribution in [0.25, 0.3) is 0 Å². The third-order valence-electron chi connectivity index (χ3n) is 7.79. The number of benzene rings is 2. The summed E-state index contributed by atoms with van der Waals surface area (Å²) in [7, 11) is 5.17. The number of nitrogens with zero attached hydrogens (tertiary/aromatic N) is 2. The van der Waals surface area contributed by atoms with Crippen LogP contribution in [-0.4, -0.2) is 63.1 Å². The number of carbonyl (C=O) groups is 3. The number of pyridine rings is 1. The number of amides is 3. The molecule has 2 aromatic carbocycles. The zero-order valence-corrected chi connectivity index (χ0v) is 24.2. The summed E-state index contributed by atoms with van der Waals surface area (Å²) in [5, 5.41) is 37.3. The number of nitrogens with one attached hydrogen (secondary N) is 3. The van der Waals surface area contributed by atoms with Gasteiger partial charge in [-0.3, -0.25) is 14.4 Å². The van der Waals surface area contributed by atoms with Gasteiger partial charge in [0.1, 0.15) is 18.6 Å². The van der Waals surface area contributed by atoms with Crippen LogP contribution < -0.4 is 16.0 Å². The molecule has 2 heterocycles.